The van der Waals surface area contributed by atoms with Crippen LogP contribution in [0.15, 0.2) is 102 Å². The maximum atomic E-state index is 15.8. The van der Waals surface area contributed by atoms with Crippen LogP contribution < -0.4 is 4.90 Å². The molecule has 4 aromatic carbocycles. The van der Waals surface area contributed by atoms with E-state index in [0.29, 0.717) is 17.9 Å². The van der Waals surface area contributed by atoms with Crippen LogP contribution in [0.5, 0.6) is 0 Å². The molecule has 12 heteroatoms. The number of hydrogen-bond donors (Lipinski definition) is 1. The predicted octanol–water partition coefficient (Wildman–Crippen LogP) is 8.98. The molecular weight excluding hydrogens is 710 g/mol. The predicted molar refractivity (Wildman–Crippen MR) is 198 cm³/mol. The van der Waals surface area contributed by atoms with Crippen molar-refractivity contribution in [2.24, 2.45) is 0 Å². The largest absolute Gasteiger partial charge is 0.416 e. The summed E-state index contributed by atoms with van der Waals surface area (Å²) in [5.41, 5.74) is -6.44. The van der Waals surface area contributed by atoms with E-state index >= 15 is 9.18 Å². The van der Waals surface area contributed by atoms with Crippen molar-refractivity contribution in [2.45, 2.75) is 49.7 Å². The fourth-order valence-corrected chi connectivity index (χ4v) is 6.01. The lowest BCUT2D eigenvalue weighted by Gasteiger charge is -2.43. The quantitative estimate of drug-likeness (QED) is 0.145. The Labute approximate surface area is 340 Å². The molecule has 1 saturated heterocycles. The van der Waals surface area contributed by atoms with Crippen molar-refractivity contribution >= 4 is 23.4 Å². The summed E-state index contributed by atoms with van der Waals surface area (Å²) in [4.78, 5) is 14.5. The first-order valence-corrected chi connectivity index (χ1v) is 16.2. The average Bonchev–Trinajstić information content (AvgIpc) is 3.25. The number of rotatable bonds is 12. The van der Waals surface area contributed by atoms with E-state index in [1.807, 2.05) is 0 Å². The molecule has 53 heavy (non-hydrogen) atoms. The van der Waals surface area contributed by atoms with Gasteiger partial charge in [-0.2, -0.15) is 13.2 Å². The zero-order valence-electron chi connectivity index (χ0n) is 48.2. The summed E-state index contributed by atoms with van der Waals surface area (Å²) in [5.74, 6) is -5.70. The van der Waals surface area contributed by atoms with Gasteiger partial charge in [0.1, 0.15) is 12.6 Å². The molecule has 0 aliphatic carbocycles. The number of aliphatic hydroxyl groups excluding tert-OH is 1. The number of nitrogens with zero attached hydrogens (tertiary/aromatic N) is 3. The lowest BCUT2D eigenvalue weighted by atomic mass is 9.96. The molecule has 0 radical (unpaired) electrons. The van der Waals surface area contributed by atoms with E-state index in [9.17, 15) is 33.6 Å². The smallest absolute Gasteiger partial charge is 0.384 e. The number of para-hydroxylation sites is 1. The normalized spacial score (nSPS) is 29.5. The molecule has 1 fully saturated rings. The number of ether oxygens (including phenoxy) is 1. The summed E-state index contributed by atoms with van der Waals surface area (Å²) in [6.07, 6.45) is -15.4. The van der Waals surface area contributed by atoms with Crippen molar-refractivity contribution in [3.8, 4) is 11.1 Å². The number of aliphatic hydroxyl groups is 1. The lowest BCUT2D eigenvalue weighted by Crippen LogP contribution is -2.51. The number of piperidine rings is 1. The van der Waals surface area contributed by atoms with Gasteiger partial charge in [-0.3, -0.25) is 4.79 Å². The van der Waals surface area contributed by atoms with Crippen LogP contribution in [0.3, 0.4) is 0 Å². The number of likely N-dealkylation sites (tertiary alicyclic amines) is 1. The third kappa shape index (κ3) is 8.95. The van der Waals surface area contributed by atoms with E-state index in [0.717, 1.165) is 72.8 Å². The van der Waals surface area contributed by atoms with Crippen molar-refractivity contribution in [3.63, 3.8) is 0 Å². The van der Waals surface area contributed by atoms with E-state index < -0.39 is 137 Å². The van der Waals surface area contributed by atoms with Gasteiger partial charge in [0, 0.05) is 71.5 Å². The van der Waals surface area contributed by atoms with Crippen molar-refractivity contribution in [3.05, 3.63) is 136 Å². The zero-order valence-corrected chi connectivity index (χ0v) is 28.0. The van der Waals surface area contributed by atoms with Crippen LogP contribution in [0.4, 0.5) is 27.6 Å². The summed E-state index contributed by atoms with van der Waals surface area (Å²) in [6.45, 7) is -22.0. The second-order valence-electron chi connectivity index (χ2n) is 11.1. The molecule has 2 aliphatic rings. The SMILES string of the molecule is [2H]C([2H])([2H])OC([2H])([2H])C([2H])([2H])N1C([2H])([2H])C([2H])([2H])C([2H])(N(C(=O)C([2H])([2H])N2C(SC([2H])([2H])c3cccc(F)c3F)=CC(O)c3ccccc32)C([2H])(C)c2ccc(-c3ccc(C(F)(F)F)cc3)cc2)C([2H])([2H])C1([2H])[2H]. The van der Waals surface area contributed by atoms with Crippen molar-refractivity contribution < 1.29 is 65.4 Å². The number of halogens is 5. The molecule has 1 amide bonds. The molecule has 2 heterocycles. The summed E-state index contributed by atoms with van der Waals surface area (Å²) < 4.78 is 260. The molecule has 4 aromatic rings. The minimum absolute atomic E-state index is 0.0915. The molecule has 2 unspecified atom stereocenters. The van der Waals surface area contributed by atoms with Gasteiger partial charge in [0.2, 0.25) is 5.91 Å². The highest BCUT2D eigenvalue weighted by Gasteiger charge is 2.35. The van der Waals surface area contributed by atoms with Crippen LogP contribution in [0.1, 0.15) is 82.8 Å². The number of hydrogen-bond acceptors (Lipinski definition) is 6. The van der Waals surface area contributed by atoms with E-state index in [2.05, 4.69) is 4.74 Å². The Morgan fingerprint density at radius 1 is 1.06 bits per heavy atom. The monoisotopic (exact) mass is 772 g/mol. The minimum atomic E-state index is -4.78. The molecule has 2 atom stereocenters. The first kappa shape index (κ1) is 19.9. The molecule has 280 valence electrons. The molecule has 0 saturated carbocycles. The number of fused-ring (bicyclic) bond motifs is 1. The van der Waals surface area contributed by atoms with E-state index in [1.165, 1.54) is 18.2 Å². The number of thioether (sulfide) groups is 1. The highest BCUT2D eigenvalue weighted by molar-refractivity contribution is 8.02. The number of carbonyl (C=O) groups is 1. The Morgan fingerprint density at radius 2 is 1.74 bits per heavy atom. The van der Waals surface area contributed by atoms with Crippen LogP contribution >= 0.6 is 11.8 Å². The van der Waals surface area contributed by atoms with Crippen LogP contribution in [0.25, 0.3) is 11.1 Å². The number of carbonyl (C=O) groups excluding carboxylic acids is 1. The van der Waals surface area contributed by atoms with Gasteiger partial charge in [-0.05, 0) is 66.7 Å². The fourth-order valence-electron chi connectivity index (χ4n) is 5.21. The molecule has 6 rings (SSSR count). The van der Waals surface area contributed by atoms with Crippen molar-refractivity contribution in [2.75, 3.05) is 44.5 Å². The topological polar surface area (TPSA) is 56.2 Å². The maximum absolute atomic E-state index is 15.8. The van der Waals surface area contributed by atoms with Gasteiger partial charge < -0.3 is 24.5 Å². The highest BCUT2D eigenvalue weighted by atomic mass is 32.2. The van der Waals surface area contributed by atoms with Crippen LogP contribution in [-0.4, -0.2) is 66.4 Å². The third-order valence-electron chi connectivity index (χ3n) is 7.83. The molecule has 1 N–H and O–H groups in total. The van der Waals surface area contributed by atoms with Gasteiger partial charge in [-0.25, -0.2) is 8.78 Å². The molecule has 0 spiro atoms. The van der Waals surface area contributed by atoms with Crippen LogP contribution in [0, 0.1) is 11.6 Å². The standard InChI is InChI=1S/C41H42F5N3O3S/c1-27(28-10-12-29(13-11-28)30-14-16-32(17-15-30)41(44,45)46)49(33-18-20-47(21-19-33)22-23-52-2)38(51)25-48-36-9-4-3-7-34(36)37(50)24-39(48)53-26-31-6-5-8-35(42)40(31)43/h3-17,24,27,33,37,50H,18-23,25-26H2,1-2H3/i2D3,18D2,19D2,20D2,21D2,22D2,23D2,25D2,26D2,27D,33D. The van der Waals surface area contributed by atoms with Crippen LogP contribution in [-0.2, 0) is 21.4 Å². The van der Waals surface area contributed by atoms with Crippen molar-refractivity contribution in [1.29, 1.82) is 0 Å². The Kier molecular flexibility index (Phi) is 6.33. The summed E-state index contributed by atoms with van der Waals surface area (Å²) in [7, 11) is -3.88. The van der Waals surface area contributed by atoms with Gasteiger partial charge in [0.25, 0.3) is 0 Å². The number of alkyl halides is 3. The Balaban J connectivity index is 1.64. The van der Waals surface area contributed by atoms with Crippen LogP contribution in [0.2, 0.25) is 0 Å². The molecule has 0 aromatic heterocycles. The maximum Gasteiger partial charge on any atom is 0.416 e. The summed E-state index contributed by atoms with van der Waals surface area (Å²) >= 11 is -0.139. The molecule has 0 bridgehead atoms. The van der Waals surface area contributed by atoms with Gasteiger partial charge in [0.15, 0.2) is 11.6 Å². The Hall–Kier alpha value is -4.23. The first-order valence-electron chi connectivity index (χ1n) is 25.9. The van der Waals surface area contributed by atoms with Gasteiger partial charge in [-0.1, -0.05) is 66.7 Å². The summed E-state index contributed by atoms with van der Waals surface area (Å²) in [5, 5.41) is 10.4. The third-order valence-corrected chi connectivity index (χ3v) is 8.68. The Bertz CT molecular complexity index is 2810. The number of benzene rings is 4. The lowest BCUT2D eigenvalue weighted by molar-refractivity contribution is -0.137. The molecule has 2 aliphatic heterocycles. The second-order valence-corrected chi connectivity index (χ2v) is 11.9. The van der Waals surface area contributed by atoms with Crippen molar-refractivity contribution in [1.82, 2.24) is 9.80 Å². The Morgan fingerprint density at radius 3 is 2.42 bits per heavy atom. The second kappa shape index (κ2) is 16.8. The highest BCUT2D eigenvalue weighted by Crippen LogP contribution is 2.41. The van der Waals surface area contributed by atoms with Gasteiger partial charge in [0.05, 0.1) is 35.5 Å². The fraction of sp³-hybridized carbons (Fsp3) is 0.341. The van der Waals surface area contributed by atoms with E-state index in [-0.39, 0.29) is 28.5 Å². The molecule has 6 nitrogen and oxygen atoms in total. The van der Waals surface area contributed by atoms with E-state index in [4.69, 9.17) is 17.8 Å². The summed E-state index contributed by atoms with van der Waals surface area (Å²) in [6, 6.07) is 6.57. The minimum Gasteiger partial charge on any atom is -0.384 e. The van der Waals surface area contributed by atoms with Gasteiger partial charge in [-0.15, -0.1) is 11.8 Å². The first-order chi connectivity index (χ1) is 33.3. The zero-order chi connectivity index (χ0) is 56.4. The average molecular weight is 773 g/mol. The number of anilines is 1. The van der Waals surface area contributed by atoms with Gasteiger partial charge >= 0.3 is 6.18 Å². The van der Waals surface area contributed by atoms with E-state index in [1.54, 1.807) is 0 Å². The molecular formula is C41H42F5N3O3S. The number of methoxy groups -OCH3 is 1. The number of amides is 1.